The average Bonchev–Trinajstić information content (AvgIpc) is 2.54. The summed E-state index contributed by atoms with van der Waals surface area (Å²) in [5, 5.41) is 15.8. The van der Waals surface area contributed by atoms with Gasteiger partial charge in [0.1, 0.15) is 12.1 Å². The molecule has 9 nitrogen and oxygen atoms in total. The Kier molecular flexibility index (Phi) is 11.3. The van der Waals surface area contributed by atoms with Gasteiger partial charge in [-0.25, -0.2) is 4.79 Å². The van der Waals surface area contributed by atoms with Crippen LogP contribution in [0.2, 0.25) is 0 Å². The summed E-state index contributed by atoms with van der Waals surface area (Å²) in [4.78, 5) is 46.0. The quantitative estimate of drug-likeness (QED) is 0.231. The van der Waals surface area contributed by atoms with Crippen molar-refractivity contribution < 1.29 is 24.3 Å². The predicted octanol–water partition coefficient (Wildman–Crippen LogP) is -1.81. The summed E-state index contributed by atoms with van der Waals surface area (Å²) in [5.74, 6) is -2.26. The third kappa shape index (κ3) is 8.99. The van der Waals surface area contributed by atoms with Gasteiger partial charge in [0.25, 0.3) is 0 Å². The van der Waals surface area contributed by atoms with Gasteiger partial charge in [-0.3, -0.25) is 14.4 Å². The summed E-state index contributed by atoms with van der Waals surface area (Å²) in [7, 11) is 0. The molecule has 0 rings (SSSR count). The highest BCUT2D eigenvalue weighted by atomic mass is 32.2. The minimum Gasteiger partial charge on any atom is -0.480 e. The number of carboxylic acids is 1. The molecule has 0 saturated carbocycles. The van der Waals surface area contributed by atoms with E-state index >= 15 is 0 Å². The van der Waals surface area contributed by atoms with Crippen LogP contribution in [0.25, 0.3) is 0 Å². The lowest BCUT2D eigenvalue weighted by molar-refractivity contribution is -0.141. The van der Waals surface area contributed by atoms with Crippen molar-refractivity contribution in [1.82, 2.24) is 16.0 Å². The molecule has 0 aromatic carbocycles. The molecule has 0 aliphatic rings. The first-order valence-electron chi connectivity index (χ1n) is 7.18. The lowest BCUT2D eigenvalue weighted by Gasteiger charge is -2.18. The van der Waals surface area contributed by atoms with Gasteiger partial charge >= 0.3 is 5.97 Å². The molecule has 24 heavy (non-hydrogen) atoms. The number of rotatable bonds is 11. The Morgan fingerprint density at radius 3 is 2.33 bits per heavy atom. The van der Waals surface area contributed by atoms with Crippen molar-refractivity contribution in [3.05, 3.63) is 0 Å². The number of carbonyl (C=O) groups is 4. The zero-order valence-corrected chi connectivity index (χ0v) is 15.3. The van der Waals surface area contributed by atoms with Crippen LogP contribution in [0.5, 0.6) is 0 Å². The highest BCUT2D eigenvalue weighted by molar-refractivity contribution is 7.98. The monoisotopic (exact) mass is 380 g/mol. The number of carbonyl (C=O) groups excluding carboxylic acids is 3. The van der Waals surface area contributed by atoms with Crippen LogP contribution in [-0.2, 0) is 19.2 Å². The number of carboxylic acid groups (broad SMARTS) is 1. The molecule has 0 bridgehead atoms. The van der Waals surface area contributed by atoms with Gasteiger partial charge in [0.05, 0.1) is 12.6 Å². The van der Waals surface area contributed by atoms with Crippen molar-refractivity contribution in [3.63, 3.8) is 0 Å². The standard InChI is InChI=1S/C13H24N4O5S2/c1-7(11(19)17-9(6-23)13(21)22)16-10(18)5-15-12(20)8(14)3-4-24-2/h7-9,23H,3-6,14H2,1-2H3,(H,15,20)(H,16,18)(H,17,19)(H,21,22). The number of nitrogens with one attached hydrogen (secondary N) is 3. The van der Waals surface area contributed by atoms with E-state index in [0.717, 1.165) is 5.75 Å². The highest BCUT2D eigenvalue weighted by Crippen LogP contribution is 1.98. The van der Waals surface area contributed by atoms with Gasteiger partial charge in [0.15, 0.2) is 0 Å². The first-order chi connectivity index (χ1) is 11.2. The van der Waals surface area contributed by atoms with Crippen molar-refractivity contribution in [2.24, 2.45) is 5.73 Å². The second kappa shape index (κ2) is 12.0. The van der Waals surface area contributed by atoms with Crippen LogP contribution in [-0.4, -0.2) is 71.2 Å². The van der Waals surface area contributed by atoms with E-state index < -0.39 is 41.8 Å². The SMILES string of the molecule is CSCCC(N)C(=O)NCC(=O)NC(C)C(=O)NC(CS)C(=O)O. The van der Waals surface area contributed by atoms with E-state index in [1.54, 1.807) is 11.8 Å². The van der Waals surface area contributed by atoms with Crippen LogP contribution in [0.4, 0.5) is 0 Å². The molecule has 0 aliphatic heterocycles. The van der Waals surface area contributed by atoms with Gasteiger partial charge in [0, 0.05) is 5.75 Å². The largest absolute Gasteiger partial charge is 0.480 e. The highest BCUT2D eigenvalue weighted by Gasteiger charge is 2.23. The molecule has 0 radical (unpaired) electrons. The summed E-state index contributed by atoms with van der Waals surface area (Å²) >= 11 is 5.38. The normalized spacial score (nSPS) is 14.2. The number of aliphatic carboxylic acids is 1. The molecule has 0 fully saturated rings. The van der Waals surface area contributed by atoms with Crippen LogP contribution in [0.15, 0.2) is 0 Å². The van der Waals surface area contributed by atoms with E-state index in [4.69, 9.17) is 10.8 Å². The van der Waals surface area contributed by atoms with Crippen molar-refractivity contribution in [2.45, 2.75) is 31.5 Å². The van der Waals surface area contributed by atoms with Gasteiger partial charge in [-0.15, -0.1) is 0 Å². The predicted molar refractivity (Wildman–Crippen MR) is 95.0 cm³/mol. The lowest BCUT2D eigenvalue weighted by atomic mass is 10.2. The summed E-state index contributed by atoms with van der Waals surface area (Å²) in [6.45, 7) is 1.08. The van der Waals surface area contributed by atoms with Gasteiger partial charge in [-0.2, -0.15) is 24.4 Å². The molecule has 138 valence electrons. The fourth-order valence-corrected chi connectivity index (χ4v) is 2.25. The third-order valence-electron chi connectivity index (χ3n) is 2.96. The maximum absolute atomic E-state index is 11.8. The molecule has 3 unspecified atom stereocenters. The van der Waals surface area contributed by atoms with Gasteiger partial charge in [-0.1, -0.05) is 0 Å². The Morgan fingerprint density at radius 2 is 1.83 bits per heavy atom. The number of hydrogen-bond donors (Lipinski definition) is 6. The molecule has 6 N–H and O–H groups in total. The van der Waals surface area contributed by atoms with E-state index in [1.807, 2.05) is 6.26 Å². The fourth-order valence-electron chi connectivity index (χ4n) is 1.51. The molecule has 0 aromatic heterocycles. The van der Waals surface area contributed by atoms with Gasteiger partial charge in [-0.05, 0) is 25.4 Å². The summed E-state index contributed by atoms with van der Waals surface area (Å²) in [6, 6.07) is -2.80. The summed E-state index contributed by atoms with van der Waals surface area (Å²) in [6.07, 6.45) is 2.39. The molecule has 0 aromatic rings. The van der Waals surface area contributed by atoms with E-state index in [2.05, 4.69) is 28.6 Å². The van der Waals surface area contributed by atoms with E-state index in [9.17, 15) is 19.2 Å². The molecular weight excluding hydrogens is 356 g/mol. The maximum Gasteiger partial charge on any atom is 0.327 e. The Bertz CT molecular complexity index is 464. The number of hydrogen-bond acceptors (Lipinski definition) is 7. The maximum atomic E-state index is 11.8. The minimum absolute atomic E-state index is 0.0776. The fraction of sp³-hybridized carbons (Fsp3) is 0.692. The second-order valence-corrected chi connectivity index (χ2v) is 6.33. The zero-order chi connectivity index (χ0) is 18.7. The van der Waals surface area contributed by atoms with Crippen molar-refractivity contribution >= 4 is 48.1 Å². The van der Waals surface area contributed by atoms with Gasteiger partial charge < -0.3 is 26.8 Å². The number of nitrogens with two attached hydrogens (primary N) is 1. The Morgan fingerprint density at radius 1 is 1.21 bits per heavy atom. The molecule has 3 atom stereocenters. The van der Waals surface area contributed by atoms with Crippen LogP contribution in [0, 0.1) is 0 Å². The number of thiol groups is 1. The Balaban J connectivity index is 4.24. The van der Waals surface area contributed by atoms with Crippen LogP contribution in [0.3, 0.4) is 0 Å². The second-order valence-electron chi connectivity index (χ2n) is 4.98. The number of thioether (sulfide) groups is 1. The first-order valence-corrected chi connectivity index (χ1v) is 9.21. The van der Waals surface area contributed by atoms with Crippen molar-refractivity contribution in [3.8, 4) is 0 Å². The molecular formula is C13H24N4O5S2. The molecule has 11 heteroatoms. The molecule has 0 heterocycles. The summed E-state index contributed by atoms with van der Waals surface area (Å²) in [5.41, 5.74) is 5.65. The van der Waals surface area contributed by atoms with Crippen LogP contribution >= 0.6 is 24.4 Å². The topological polar surface area (TPSA) is 151 Å². The third-order valence-corrected chi connectivity index (χ3v) is 3.97. The molecule has 0 spiro atoms. The molecule has 0 aliphatic carbocycles. The van der Waals surface area contributed by atoms with Gasteiger partial charge in [0.2, 0.25) is 17.7 Å². The van der Waals surface area contributed by atoms with E-state index in [0.29, 0.717) is 6.42 Å². The molecule has 3 amide bonds. The van der Waals surface area contributed by atoms with Crippen LogP contribution in [0.1, 0.15) is 13.3 Å². The smallest absolute Gasteiger partial charge is 0.327 e. The first kappa shape index (κ1) is 22.5. The van der Waals surface area contributed by atoms with E-state index in [1.165, 1.54) is 6.92 Å². The Hall–Kier alpha value is -1.46. The lowest BCUT2D eigenvalue weighted by Crippen LogP contribution is -2.53. The number of amides is 3. The summed E-state index contributed by atoms with van der Waals surface area (Å²) < 4.78 is 0. The van der Waals surface area contributed by atoms with E-state index in [-0.39, 0.29) is 12.3 Å². The Labute approximate surface area is 150 Å². The minimum atomic E-state index is -1.22. The average molecular weight is 380 g/mol. The zero-order valence-electron chi connectivity index (χ0n) is 13.6. The molecule has 0 saturated heterocycles. The van der Waals surface area contributed by atoms with Crippen LogP contribution < -0.4 is 21.7 Å². The van der Waals surface area contributed by atoms with Crippen molar-refractivity contribution in [2.75, 3.05) is 24.3 Å². The van der Waals surface area contributed by atoms with Crippen molar-refractivity contribution in [1.29, 1.82) is 0 Å².